The van der Waals surface area contributed by atoms with Crippen molar-refractivity contribution in [2.24, 2.45) is 5.92 Å². The third kappa shape index (κ3) is 3.24. The van der Waals surface area contributed by atoms with E-state index in [9.17, 15) is 0 Å². The molecule has 0 saturated heterocycles. The van der Waals surface area contributed by atoms with Crippen LogP contribution in [-0.2, 0) is 0 Å². The first-order valence-corrected chi connectivity index (χ1v) is 7.00. The van der Waals surface area contributed by atoms with Gasteiger partial charge in [-0.15, -0.1) is 0 Å². The van der Waals surface area contributed by atoms with E-state index in [-0.39, 0.29) is 0 Å². The third-order valence-corrected chi connectivity index (χ3v) is 4.39. The van der Waals surface area contributed by atoms with Gasteiger partial charge in [0.05, 0.1) is 0 Å². The molecule has 1 aliphatic rings. The van der Waals surface area contributed by atoms with Gasteiger partial charge >= 0.3 is 0 Å². The summed E-state index contributed by atoms with van der Waals surface area (Å²) in [5.41, 5.74) is 5.59. The van der Waals surface area contributed by atoms with Gasteiger partial charge < -0.3 is 4.90 Å². The second kappa shape index (κ2) is 6.21. The smallest absolute Gasteiger partial charge is 0.168 e. The van der Waals surface area contributed by atoms with Crippen molar-refractivity contribution >= 4 is 5.71 Å². The van der Waals surface area contributed by atoms with Crippen molar-refractivity contribution in [3.05, 3.63) is 23.5 Å². The lowest BCUT2D eigenvalue weighted by Gasteiger charge is -2.26. The Morgan fingerprint density at radius 1 is 1.39 bits per heavy atom. The highest BCUT2D eigenvalue weighted by molar-refractivity contribution is 5.79. The molecule has 1 rings (SSSR count). The van der Waals surface area contributed by atoms with E-state index < -0.39 is 0 Å². The fraction of sp³-hybridized carbons (Fsp3) is 0.688. The van der Waals surface area contributed by atoms with E-state index in [0.717, 1.165) is 18.9 Å². The Morgan fingerprint density at radius 2 is 2.00 bits per heavy atom. The van der Waals surface area contributed by atoms with Crippen molar-refractivity contribution in [3.8, 4) is 0 Å². The number of rotatable bonds is 3. The SMILES string of the molecule is C=C1CCC(CC)C(C)=C(C)N1CC(C)=[N+](C)C. The lowest BCUT2D eigenvalue weighted by atomic mass is 9.92. The third-order valence-electron chi connectivity index (χ3n) is 4.39. The van der Waals surface area contributed by atoms with E-state index in [0.29, 0.717) is 0 Å². The van der Waals surface area contributed by atoms with E-state index in [1.165, 1.54) is 29.9 Å². The molecule has 102 valence electrons. The monoisotopic (exact) mass is 249 g/mol. The molecule has 0 spiro atoms. The molecule has 1 atom stereocenters. The zero-order valence-electron chi connectivity index (χ0n) is 13.0. The van der Waals surface area contributed by atoms with Crippen molar-refractivity contribution in [2.45, 2.75) is 47.0 Å². The highest BCUT2D eigenvalue weighted by atomic mass is 15.2. The molecule has 0 aromatic carbocycles. The lowest BCUT2D eigenvalue weighted by molar-refractivity contribution is -0.466. The quantitative estimate of drug-likeness (QED) is 0.546. The lowest BCUT2D eigenvalue weighted by Crippen LogP contribution is -2.29. The van der Waals surface area contributed by atoms with Crippen LogP contribution in [0.25, 0.3) is 0 Å². The van der Waals surface area contributed by atoms with Crippen molar-refractivity contribution in [3.63, 3.8) is 0 Å². The second-order valence-corrected chi connectivity index (χ2v) is 5.69. The average molecular weight is 249 g/mol. The minimum absolute atomic E-state index is 0.728. The molecule has 0 aliphatic carbocycles. The molecule has 0 bridgehead atoms. The van der Waals surface area contributed by atoms with Crippen molar-refractivity contribution in [1.82, 2.24) is 4.90 Å². The minimum Gasteiger partial charge on any atom is -0.340 e. The highest BCUT2D eigenvalue weighted by Crippen LogP contribution is 2.32. The summed E-state index contributed by atoms with van der Waals surface area (Å²) in [7, 11) is 4.22. The minimum atomic E-state index is 0.728. The first-order valence-electron chi connectivity index (χ1n) is 7.00. The Kier molecular flexibility index (Phi) is 5.18. The second-order valence-electron chi connectivity index (χ2n) is 5.69. The van der Waals surface area contributed by atoms with Gasteiger partial charge in [-0.3, -0.25) is 0 Å². The molecule has 0 N–H and O–H groups in total. The number of allylic oxidation sites excluding steroid dienone is 3. The van der Waals surface area contributed by atoms with Gasteiger partial charge in [0.25, 0.3) is 0 Å². The zero-order valence-corrected chi connectivity index (χ0v) is 13.0. The average Bonchev–Trinajstić information content (AvgIpc) is 2.42. The topological polar surface area (TPSA) is 6.25 Å². The summed E-state index contributed by atoms with van der Waals surface area (Å²) in [5.74, 6) is 0.728. The van der Waals surface area contributed by atoms with Gasteiger partial charge in [0.15, 0.2) is 5.71 Å². The van der Waals surface area contributed by atoms with Gasteiger partial charge in [-0.2, -0.15) is 0 Å². The molecule has 0 aromatic rings. The molecule has 18 heavy (non-hydrogen) atoms. The van der Waals surface area contributed by atoms with Gasteiger partial charge in [0, 0.05) is 18.3 Å². The molecule has 2 heteroatoms. The molecule has 0 aromatic heterocycles. The van der Waals surface area contributed by atoms with Crippen LogP contribution in [0.5, 0.6) is 0 Å². The van der Waals surface area contributed by atoms with Crippen LogP contribution < -0.4 is 0 Å². The van der Waals surface area contributed by atoms with Gasteiger partial charge in [-0.1, -0.05) is 19.1 Å². The molecular formula is C16H29N2+. The van der Waals surface area contributed by atoms with Crippen LogP contribution in [0.15, 0.2) is 23.5 Å². The van der Waals surface area contributed by atoms with Crippen LogP contribution in [0.4, 0.5) is 0 Å². The Balaban J connectivity index is 3.04. The summed E-state index contributed by atoms with van der Waals surface area (Å²) in [4.78, 5) is 2.40. The zero-order chi connectivity index (χ0) is 13.9. The summed E-state index contributed by atoms with van der Waals surface area (Å²) in [6.07, 6.45) is 3.60. The molecule has 1 unspecified atom stereocenters. The van der Waals surface area contributed by atoms with E-state index in [1.54, 1.807) is 5.57 Å². The molecule has 0 radical (unpaired) electrons. The van der Waals surface area contributed by atoms with Crippen molar-refractivity contribution < 1.29 is 4.58 Å². The van der Waals surface area contributed by atoms with E-state index in [4.69, 9.17) is 0 Å². The van der Waals surface area contributed by atoms with Crippen LogP contribution >= 0.6 is 0 Å². The predicted octanol–water partition coefficient (Wildman–Crippen LogP) is 3.65. The summed E-state index contributed by atoms with van der Waals surface area (Å²) in [5, 5.41) is 0. The van der Waals surface area contributed by atoms with Gasteiger partial charge in [-0.05, 0) is 39.0 Å². The molecule has 1 heterocycles. The van der Waals surface area contributed by atoms with Crippen LogP contribution in [0.2, 0.25) is 0 Å². The predicted molar refractivity (Wildman–Crippen MR) is 80.0 cm³/mol. The maximum atomic E-state index is 4.28. The van der Waals surface area contributed by atoms with Crippen molar-refractivity contribution in [2.75, 3.05) is 20.6 Å². The molecule has 0 amide bonds. The first kappa shape index (κ1) is 15.0. The molecule has 0 fully saturated rings. The molecule has 0 saturated carbocycles. The fourth-order valence-corrected chi connectivity index (χ4v) is 2.55. The normalized spacial score (nSPS) is 21.1. The Labute approximate surface area is 113 Å². The largest absolute Gasteiger partial charge is 0.340 e. The van der Waals surface area contributed by atoms with Crippen LogP contribution in [0, 0.1) is 5.92 Å². The van der Waals surface area contributed by atoms with Crippen LogP contribution in [0.1, 0.15) is 47.0 Å². The van der Waals surface area contributed by atoms with E-state index >= 15 is 0 Å². The molecular weight excluding hydrogens is 220 g/mol. The Hall–Kier alpha value is -1.05. The summed E-state index contributed by atoms with van der Waals surface area (Å²) >= 11 is 0. The Morgan fingerprint density at radius 3 is 2.50 bits per heavy atom. The maximum Gasteiger partial charge on any atom is 0.168 e. The van der Waals surface area contributed by atoms with E-state index in [2.05, 4.69) is 57.8 Å². The highest BCUT2D eigenvalue weighted by Gasteiger charge is 2.23. The standard InChI is InChI=1S/C16H29N2/c1-8-16-10-9-12(2)18(15(5)14(16)4)11-13(3)17(6)7/h16H,2,8-11H2,1,3-7H3/q+1. The van der Waals surface area contributed by atoms with Crippen LogP contribution in [0.3, 0.4) is 0 Å². The first-order chi connectivity index (χ1) is 8.38. The van der Waals surface area contributed by atoms with Gasteiger partial charge in [0.2, 0.25) is 0 Å². The molecule has 2 nitrogen and oxygen atoms in total. The number of hydrogen-bond donors (Lipinski definition) is 0. The Bertz CT molecular complexity index is 384. The van der Waals surface area contributed by atoms with Crippen LogP contribution in [-0.4, -0.2) is 35.8 Å². The summed E-state index contributed by atoms with van der Waals surface area (Å²) in [6, 6.07) is 0. The van der Waals surface area contributed by atoms with Crippen molar-refractivity contribution in [1.29, 1.82) is 0 Å². The summed E-state index contributed by atoms with van der Waals surface area (Å²) < 4.78 is 2.19. The summed E-state index contributed by atoms with van der Waals surface area (Å²) in [6.45, 7) is 14.3. The van der Waals surface area contributed by atoms with Gasteiger partial charge in [-0.25, -0.2) is 4.58 Å². The maximum absolute atomic E-state index is 4.28. The number of nitrogens with zero attached hydrogens (tertiary/aromatic N) is 2. The molecule has 1 aliphatic heterocycles. The number of hydrogen-bond acceptors (Lipinski definition) is 1. The fourth-order valence-electron chi connectivity index (χ4n) is 2.55. The van der Waals surface area contributed by atoms with Gasteiger partial charge in [0.1, 0.15) is 20.6 Å². The van der Waals surface area contributed by atoms with E-state index in [1.807, 2.05) is 0 Å².